The fourth-order valence-corrected chi connectivity index (χ4v) is 2.21. The SMILES string of the molecule is COCCNC(=O)CN1CCN(c2ccccc2N)C1=O. The predicted molar refractivity (Wildman–Crippen MR) is 80.1 cm³/mol. The number of carbonyl (C=O) groups is 2. The highest BCUT2D eigenvalue weighted by Crippen LogP contribution is 2.25. The number of urea groups is 1. The van der Waals surface area contributed by atoms with Crippen molar-refractivity contribution in [2.45, 2.75) is 0 Å². The summed E-state index contributed by atoms with van der Waals surface area (Å²) in [6.07, 6.45) is 0. The number of ether oxygens (including phenoxy) is 1. The molecule has 2 rings (SSSR count). The van der Waals surface area contributed by atoms with E-state index in [1.165, 1.54) is 4.90 Å². The van der Waals surface area contributed by atoms with E-state index in [9.17, 15) is 9.59 Å². The monoisotopic (exact) mass is 292 g/mol. The van der Waals surface area contributed by atoms with Gasteiger partial charge in [0.05, 0.1) is 18.0 Å². The lowest BCUT2D eigenvalue weighted by molar-refractivity contribution is -0.121. The number of carbonyl (C=O) groups excluding carboxylic acids is 2. The van der Waals surface area contributed by atoms with Crippen molar-refractivity contribution in [2.75, 3.05) is 50.5 Å². The van der Waals surface area contributed by atoms with Gasteiger partial charge in [-0.25, -0.2) is 4.79 Å². The molecule has 7 nitrogen and oxygen atoms in total. The molecule has 1 aliphatic heterocycles. The van der Waals surface area contributed by atoms with Gasteiger partial charge in [0.2, 0.25) is 5.91 Å². The maximum Gasteiger partial charge on any atom is 0.325 e. The molecule has 1 fully saturated rings. The Morgan fingerprint density at radius 2 is 2.14 bits per heavy atom. The van der Waals surface area contributed by atoms with E-state index in [4.69, 9.17) is 10.5 Å². The van der Waals surface area contributed by atoms with Crippen LogP contribution in [0.15, 0.2) is 24.3 Å². The average Bonchev–Trinajstić information content (AvgIpc) is 2.81. The summed E-state index contributed by atoms with van der Waals surface area (Å²) < 4.78 is 4.85. The van der Waals surface area contributed by atoms with E-state index in [-0.39, 0.29) is 18.5 Å². The van der Waals surface area contributed by atoms with Crippen LogP contribution in [-0.2, 0) is 9.53 Å². The Labute approximate surface area is 123 Å². The molecule has 0 saturated carbocycles. The first-order valence-corrected chi connectivity index (χ1v) is 6.80. The molecule has 0 atom stereocenters. The number of nitrogens with two attached hydrogens (primary N) is 1. The van der Waals surface area contributed by atoms with Crippen LogP contribution in [0.3, 0.4) is 0 Å². The van der Waals surface area contributed by atoms with E-state index in [0.29, 0.717) is 37.6 Å². The average molecular weight is 292 g/mol. The van der Waals surface area contributed by atoms with E-state index >= 15 is 0 Å². The molecule has 3 N–H and O–H groups in total. The lowest BCUT2D eigenvalue weighted by Crippen LogP contribution is -2.40. The van der Waals surface area contributed by atoms with Gasteiger partial charge in [-0.15, -0.1) is 0 Å². The number of nitrogens with zero attached hydrogens (tertiary/aromatic N) is 2. The molecule has 1 aliphatic rings. The Balaban J connectivity index is 1.93. The molecule has 0 radical (unpaired) electrons. The van der Waals surface area contributed by atoms with Crippen LogP contribution in [0.25, 0.3) is 0 Å². The molecule has 114 valence electrons. The molecule has 0 spiro atoms. The quantitative estimate of drug-likeness (QED) is 0.582. The summed E-state index contributed by atoms with van der Waals surface area (Å²) >= 11 is 0. The normalized spacial score (nSPS) is 14.6. The highest BCUT2D eigenvalue weighted by Gasteiger charge is 2.31. The third kappa shape index (κ3) is 3.63. The minimum atomic E-state index is -0.199. The number of hydrogen-bond acceptors (Lipinski definition) is 4. The Hall–Kier alpha value is -2.28. The molecule has 21 heavy (non-hydrogen) atoms. The molecule has 0 aliphatic carbocycles. The zero-order valence-electron chi connectivity index (χ0n) is 12.0. The largest absolute Gasteiger partial charge is 0.397 e. The maximum atomic E-state index is 12.3. The number of nitrogens with one attached hydrogen (secondary N) is 1. The summed E-state index contributed by atoms with van der Waals surface area (Å²) in [6, 6.07) is 7.01. The first kappa shape index (κ1) is 15.1. The Bertz CT molecular complexity index is 521. The van der Waals surface area contributed by atoms with E-state index in [2.05, 4.69) is 5.32 Å². The Morgan fingerprint density at radius 1 is 1.38 bits per heavy atom. The van der Waals surface area contributed by atoms with Crippen LogP contribution in [0.4, 0.5) is 16.2 Å². The molecule has 0 bridgehead atoms. The summed E-state index contributed by atoms with van der Waals surface area (Å²) in [7, 11) is 1.57. The van der Waals surface area contributed by atoms with Crippen molar-refractivity contribution in [1.29, 1.82) is 0 Å². The van der Waals surface area contributed by atoms with E-state index in [1.807, 2.05) is 12.1 Å². The molecule has 3 amide bonds. The lowest BCUT2D eigenvalue weighted by Gasteiger charge is -2.19. The molecule has 0 aromatic heterocycles. The molecule has 7 heteroatoms. The van der Waals surface area contributed by atoms with Gasteiger partial charge >= 0.3 is 6.03 Å². The van der Waals surface area contributed by atoms with Crippen LogP contribution in [0, 0.1) is 0 Å². The summed E-state index contributed by atoms with van der Waals surface area (Å²) in [5, 5.41) is 2.70. The highest BCUT2D eigenvalue weighted by molar-refractivity contribution is 5.98. The maximum absolute atomic E-state index is 12.3. The van der Waals surface area contributed by atoms with Crippen molar-refractivity contribution in [3.8, 4) is 0 Å². The van der Waals surface area contributed by atoms with Crippen LogP contribution < -0.4 is 16.0 Å². The number of rotatable bonds is 6. The zero-order chi connectivity index (χ0) is 15.2. The molecule has 1 aromatic rings. The van der Waals surface area contributed by atoms with Crippen molar-refractivity contribution in [2.24, 2.45) is 0 Å². The van der Waals surface area contributed by atoms with Crippen LogP contribution in [0.1, 0.15) is 0 Å². The standard InChI is InChI=1S/C14H20N4O3/c1-21-9-6-16-13(19)10-17-7-8-18(14(17)20)12-5-3-2-4-11(12)15/h2-5H,6-10,15H2,1H3,(H,16,19). The summed E-state index contributed by atoms with van der Waals surface area (Å²) in [5.41, 5.74) is 7.12. The Kier molecular flexibility index (Phi) is 4.99. The molecule has 1 aromatic carbocycles. The van der Waals surface area contributed by atoms with E-state index in [1.54, 1.807) is 24.1 Å². The topological polar surface area (TPSA) is 87.9 Å². The van der Waals surface area contributed by atoms with E-state index < -0.39 is 0 Å². The van der Waals surface area contributed by atoms with Crippen LogP contribution in [0.5, 0.6) is 0 Å². The number of methoxy groups -OCH3 is 1. The zero-order valence-corrected chi connectivity index (χ0v) is 12.0. The van der Waals surface area contributed by atoms with Crippen molar-refractivity contribution in [3.05, 3.63) is 24.3 Å². The van der Waals surface area contributed by atoms with Crippen molar-refractivity contribution in [3.63, 3.8) is 0 Å². The number of hydrogen-bond donors (Lipinski definition) is 2. The van der Waals surface area contributed by atoms with Crippen LogP contribution >= 0.6 is 0 Å². The minimum Gasteiger partial charge on any atom is -0.397 e. The smallest absolute Gasteiger partial charge is 0.325 e. The number of nitrogen functional groups attached to an aromatic ring is 1. The van der Waals surface area contributed by atoms with Crippen LogP contribution in [-0.4, -0.2) is 56.7 Å². The van der Waals surface area contributed by atoms with Gasteiger partial charge in [-0.05, 0) is 12.1 Å². The number of para-hydroxylation sites is 2. The fraction of sp³-hybridized carbons (Fsp3) is 0.429. The van der Waals surface area contributed by atoms with Gasteiger partial charge in [-0.1, -0.05) is 12.1 Å². The molecule has 0 unspecified atom stereocenters. The van der Waals surface area contributed by atoms with Gasteiger partial charge in [0.15, 0.2) is 0 Å². The summed E-state index contributed by atoms with van der Waals surface area (Å²) in [4.78, 5) is 27.1. The highest BCUT2D eigenvalue weighted by atomic mass is 16.5. The molecule has 1 saturated heterocycles. The molecular formula is C14H20N4O3. The third-order valence-electron chi connectivity index (χ3n) is 3.29. The minimum absolute atomic E-state index is 0.0474. The van der Waals surface area contributed by atoms with Crippen molar-refractivity contribution < 1.29 is 14.3 Å². The lowest BCUT2D eigenvalue weighted by atomic mass is 10.2. The van der Waals surface area contributed by atoms with Gasteiger partial charge in [0, 0.05) is 26.7 Å². The van der Waals surface area contributed by atoms with Gasteiger partial charge in [0.1, 0.15) is 6.54 Å². The first-order valence-electron chi connectivity index (χ1n) is 6.80. The number of anilines is 2. The number of benzene rings is 1. The third-order valence-corrected chi connectivity index (χ3v) is 3.29. The van der Waals surface area contributed by atoms with Crippen LogP contribution in [0.2, 0.25) is 0 Å². The fourth-order valence-electron chi connectivity index (χ4n) is 2.21. The summed E-state index contributed by atoms with van der Waals surface area (Å²) in [6.45, 7) is 1.97. The van der Waals surface area contributed by atoms with E-state index in [0.717, 1.165) is 0 Å². The number of amides is 3. The Morgan fingerprint density at radius 3 is 2.86 bits per heavy atom. The predicted octanol–water partition coefficient (Wildman–Crippen LogP) is 0.273. The second-order valence-electron chi connectivity index (χ2n) is 4.76. The van der Waals surface area contributed by atoms with Gasteiger partial charge in [0.25, 0.3) is 0 Å². The second kappa shape index (κ2) is 6.94. The van der Waals surface area contributed by atoms with Gasteiger partial charge < -0.3 is 20.7 Å². The first-order chi connectivity index (χ1) is 10.1. The van der Waals surface area contributed by atoms with Gasteiger partial charge in [-0.2, -0.15) is 0 Å². The second-order valence-corrected chi connectivity index (χ2v) is 4.76. The summed E-state index contributed by atoms with van der Waals surface area (Å²) in [5.74, 6) is -0.191. The van der Waals surface area contributed by atoms with Crippen molar-refractivity contribution in [1.82, 2.24) is 10.2 Å². The molecule has 1 heterocycles. The molecular weight excluding hydrogens is 272 g/mol. The van der Waals surface area contributed by atoms with Gasteiger partial charge in [-0.3, -0.25) is 9.69 Å². The van der Waals surface area contributed by atoms with Crippen molar-refractivity contribution >= 4 is 23.3 Å².